The zero-order chi connectivity index (χ0) is 14.7. The molecule has 0 spiro atoms. The lowest BCUT2D eigenvalue weighted by atomic mass is 10.1. The zero-order valence-corrected chi connectivity index (χ0v) is 13.6. The standard InChI is InChI=1S/C17H23FN2O.ClH/c18-15-3-1-2-13(10-15)8-9-20(16-6-7-16)17(21)12-19-11-14-4-5-14;/h1-3,10,14,16,19H,4-9,11-12H2;1H. The van der Waals surface area contributed by atoms with E-state index < -0.39 is 0 Å². The number of carbonyl (C=O) groups is 1. The van der Waals surface area contributed by atoms with Gasteiger partial charge >= 0.3 is 0 Å². The predicted octanol–water partition coefficient (Wildman–Crippen LogP) is 2.78. The highest BCUT2D eigenvalue weighted by Gasteiger charge is 2.32. The monoisotopic (exact) mass is 326 g/mol. The van der Waals surface area contributed by atoms with Crippen LogP contribution in [0.25, 0.3) is 0 Å². The van der Waals surface area contributed by atoms with Crippen molar-refractivity contribution in [3.05, 3.63) is 35.6 Å². The van der Waals surface area contributed by atoms with Gasteiger partial charge in [-0.25, -0.2) is 4.39 Å². The van der Waals surface area contributed by atoms with Crippen LogP contribution in [0.15, 0.2) is 24.3 Å². The van der Waals surface area contributed by atoms with Crippen LogP contribution in [0.3, 0.4) is 0 Å². The van der Waals surface area contributed by atoms with E-state index >= 15 is 0 Å². The van der Waals surface area contributed by atoms with Crippen LogP contribution in [-0.2, 0) is 11.2 Å². The minimum absolute atomic E-state index is 0. The molecule has 0 aromatic heterocycles. The first-order valence-corrected chi connectivity index (χ1v) is 7.97. The summed E-state index contributed by atoms with van der Waals surface area (Å²) in [5, 5.41) is 3.27. The maximum Gasteiger partial charge on any atom is 0.236 e. The molecule has 0 radical (unpaired) electrons. The van der Waals surface area contributed by atoms with E-state index in [9.17, 15) is 9.18 Å². The summed E-state index contributed by atoms with van der Waals surface area (Å²) in [6.07, 6.45) is 5.54. The molecule has 0 heterocycles. The highest BCUT2D eigenvalue weighted by Crippen LogP contribution is 2.28. The zero-order valence-electron chi connectivity index (χ0n) is 12.8. The van der Waals surface area contributed by atoms with Gasteiger partial charge in [0.25, 0.3) is 0 Å². The molecule has 1 aromatic rings. The molecule has 1 aromatic carbocycles. The Balaban J connectivity index is 0.00000176. The smallest absolute Gasteiger partial charge is 0.236 e. The van der Waals surface area contributed by atoms with E-state index in [0.717, 1.165) is 37.3 Å². The number of benzene rings is 1. The second kappa shape index (κ2) is 7.93. The fourth-order valence-corrected chi connectivity index (χ4v) is 2.65. The Morgan fingerprint density at radius 3 is 2.68 bits per heavy atom. The van der Waals surface area contributed by atoms with Crippen molar-refractivity contribution in [1.29, 1.82) is 0 Å². The number of hydrogen-bond donors (Lipinski definition) is 1. The normalized spacial score (nSPS) is 17.0. The highest BCUT2D eigenvalue weighted by atomic mass is 35.5. The van der Waals surface area contributed by atoms with Crippen molar-refractivity contribution in [2.45, 2.75) is 38.1 Å². The molecule has 0 atom stereocenters. The van der Waals surface area contributed by atoms with Gasteiger partial charge in [0.2, 0.25) is 5.91 Å². The highest BCUT2D eigenvalue weighted by molar-refractivity contribution is 5.85. The summed E-state index contributed by atoms with van der Waals surface area (Å²) in [6.45, 7) is 2.10. The van der Waals surface area contributed by atoms with E-state index in [1.807, 2.05) is 11.0 Å². The third-order valence-corrected chi connectivity index (χ3v) is 4.24. The van der Waals surface area contributed by atoms with E-state index in [2.05, 4.69) is 5.32 Å². The van der Waals surface area contributed by atoms with Crippen LogP contribution in [0, 0.1) is 11.7 Å². The van der Waals surface area contributed by atoms with Gasteiger partial charge in [-0.15, -0.1) is 12.4 Å². The molecule has 2 fully saturated rings. The fraction of sp³-hybridized carbons (Fsp3) is 0.588. The first-order chi connectivity index (χ1) is 10.2. The summed E-state index contributed by atoms with van der Waals surface area (Å²) in [5.74, 6) is 0.775. The molecule has 0 saturated heterocycles. The second-order valence-electron chi connectivity index (χ2n) is 6.27. The van der Waals surface area contributed by atoms with Crippen molar-refractivity contribution in [2.75, 3.05) is 19.6 Å². The Morgan fingerprint density at radius 2 is 2.05 bits per heavy atom. The minimum atomic E-state index is -0.206. The third-order valence-electron chi connectivity index (χ3n) is 4.24. The molecule has 2 saturated carbocycles. The van der Waals surface area contributed by atoms with E-state index in [4.69, 9.17) is 0 Å². The molecule has 0 aliphatic heterocycles. The van der Waals surface area contributed by atoms with Gasteiger partial charge in [-0.3, -0.25) is 4.79 Å². The lowest BCUT2D eigenvalue weighted by Crippen LogP contribution is -2.41. The molecule has 0 unspecified atom stereocenters. The number of nitrogens with zero attached hydrogens (tertiary/aromatic N) is 1. The van der Waals surface area contributed by atoms with E-state index in [0.29, 0.717) is 19.1 Å². The van der Waals surface area contributed by atoms with Crippen molar-refractivity contribution >= 4 is 18.3 Å². The minimum Gasteiger partial charge on any atom is -0.338 e. The van der Waals surface area contributed by atoms with Crippen LogP contribution in [0.2, 0.25) is 0 Å². The Kier molecular flexibility index (Phi) is 6.21. The Labute approximate surface area is 137 Å². The van der Waals surface area contributed by atoms with E-state index in [1.54, 1.807) is 12.1 Å². The van der Waals surface area contributed by atoms with Gasteiger partial charge in [0, 0.05) is 12.6 Å². The van der Waals surface area contributed by atoms with E-state index in [-0.39, 0.29) is 24.1 Å². The van der Waals surface area contributed by atoms with Crippen molar-refractivity contribution in [2.24, 2.45) is 5.92 Å². The maximum absolute atomic E-state index is 13.2. The molecule has 2 aliphatic carbocycles. The second-order valence-corrected chi connectivity index (χ2v) is 6.27. The van der Waals surface area contributed by atoms with Crippen LogP contribution < -0.4 is 5.32 Å². The van der Waals surface area contributed by atoms with Gasteiger partial charge in [-0.05, 0) is 62.3 Å². The molecule has 22 heavy (non-hydrogen) atoms. The topological polar surface area (TPSA) is 32.3 Å². The fourth-order valence-electron chi connectivity index (χ4n) is 2.65. The summed E-state index contributed by atoms with van der Waals surface area (Å²) in [5.41, 5.74) is 0.958. The Hall–Kier alpha value is -1.13. The average Bonchev–Trinajstić information content (AvgIpc) is 3.33. The summed E-state index contributed by atoms with van der Waals surface area (Å²) in [4.78, 5) is 14.3. The van der Waals surface area contributed by atoms with Gasteiger partial charge in [0.15, 0.2) is 0 Å². The molecule has 3 nitrogen and oxygen atoms in total. The summed E-state index contributed by atoms with van der Waals surface area (Å²) < 4.78 is 13.2. The third kappa shape index (κ3) is 5.25. The van der Waals surface area contributed by atoms with Crippen LogP contribution in [0.1, 0.15) is 31.2 Å². The van der Waals surface area contributed by atoms with Gasteiger partial charge in [-0.2, -0.15) is 0 Å². The van der Waals surface area contributed by atoms with Gasteiger partial charge < -0.3 is 10.2 Å². The van der Waals surface area contributed by atoms with Crippen molar-refractivity contribution in [3.8, 4) is 0 Å². The first-order valence-electron chi connectivity index (χ1n) is 7.97. The summed E-state index contributed by atoms with van der Waals surface area (Å²) in [6, 6.07) is 7.07. The number of halogens is 2. The number of nitrogens with one attached hydrogen (secondary N) is 1. The van der Waals surface area contributed by atoms with Crippen molar-refractivity contribution in [3.63, 3.8) is 0 Å². The number of rotatable bonds is 8. The molecule has 122 valence electrons. The largest absolute Gasteiger partial charge is 0.338 e. The number of amides is 1. The molecule has 2 aliphatic rings. The van der Waals surface area contributed by atoms with Gasteiger partial charge in [-0.1, -0.05) is 12.1 Å². The molecule has 1 amide bonds. The quantitative estimate of drug-likeness (QED) is 0.796. The Bertz CT molecular complexity index is 503. The molecule has 3 rings (SSSR count). The van der Waals surface area contributed by atoms with Gasteiger partial charge in [0.1, 0.15) is 5.82 Å². The molecular weight excluding hydrogens is 303 g/mol. The molecule has 5 heteroatoms. The predicted molar refractivity (Wildman–Crippen MR) is 87.7 cm³/mol. The van der Waals surface area contributed by atoms with Crippen LogP contribution >= 0.6 is 12.4 Å². The lowest BCUT2D eigenvalue weighted by molar-refractivity contribution is -0.130. The van der Waals surface area contributed by atoms with Crippen molar-refractivity contribution in [1.82, 2.24) is 10.2 Å². The summed E-state index contributed by atoms with van der Waals surface area (Å²) in [7, 11) is 0. The average molecular weight is 327 g/mol. The molecule has 1 N–H and O–H groups in total. The Morgan fingerprint density at radius 1 is 1.27 bits per heavy atom. The van der Waals surface area contributed by atoms with Crippen molar-refractivity contribution < 1.29 is 9.18 Å². The number of carbonyl (C=O) groups excluding carboxylic acids is 1. The molecule has 0 bridgehead atoms. The van der Waals surface area contributed by atoms with Crippen LogP contribution in [0.5, 0.6) is 0 Å². The van der Waals surface area contributed by atoms with Gasteiger partial charge in [0.05, 0.1) is 6.54 Å². The first kappa shape index (κ1) is 17.2. The lowest BCUT2D eigenvalue weighted by Gasteiger charge is -2.23. The number of hydrogen-bond acceptors (Lipinski definition) is 2. The maximum atomic E-state index is 13.2. The van der Waals surface area contributed by atoms with Crippen LogP contribution in [-0.4, -0.2) is 36.5 Å². The SMILES string of the molecule is Cl.O=C(CNCC1CC1)N(CCc1cccc(F)c1)C1CC1. The summed E-state index contributed by atoms with van der Waals surface area (Å²) >= 11 is 0. The van der Waals surface area contributed by atoms with E-state index in [1.165, 1.54) is 18.9 Å². The van der Waals surface area contributed by atoms with Crippen LogP contribution in [0.4, 0.5) is 4.39 Å². The molecular formula is C17H24ClFN2O.